The van der Waals surface area contributed by atoms with Gasteiger partial charge in [-0.2, -0.15) is 5.10 Å². The molecule has 0 unspecified atom stereocenters. The highest BCUT2D eigenvalue weighted by atomic mass is 16.6. The van der Waals surface area contributed by atoms with Gasteiger partial charge in [0.05, 0.1) is 11.5 Å². The van der Waals surface area contributed by atoms with Crippen LogP contribution in [-0.4, -0.2) is 27.2 Å². The van der Waals surface area contributed by atoms with Gasteiger partial charge in [0.2, 0.25) is 0 Å². The number of nitrogens with one attached hydrogen (secondary N) is 1. The van der Waals surface area contributed by atoms with Crippen molar-refractivity contribution in [3.8, 4) is 5.75 Å². The summed E-state index contributed by atoms with van der Waals surface area (Å²) in [5, 5.41) is 18.0. The standard InChI is InChI=1S/C22H24N4O5/c1-4-7-17-8-5-6-9-19(17)30-14-18-10-11-20(31-18)22(27)23-12-13-25-16(3)21(26(28)29)15(2)24-25/h4-6,8-11H,1,7,12-14H2,2-3H3,(H,23,27). The number of benzene rings is 1. The zero-order valence-electron chi connectivity index (χ0n) is 17.5. The second-order valence-corrected chi connectivity index (χ2v) is 6.91. The number of amides is 1. The molecular formula is C22H24N4O5. The van der Waals surface area contributed by atoms with Crippen LogP contribution in [0.4, 0.5) is 5.69 Å². The second kappa shape index (κ2) is 9.75. The van der Waals surface area contributed by atoms with E-state index >= 15 is 0 Å². The lowest BCUT2D eigenvalue weighted by Gasteiger charge is -2.09. The van der Waals surface area contributed by atoms with Crippen molar-refractivity contribution in [2.24, 2.45) is 0 Å². The maximum Gasteiger partial charge on any atom is 0.312 e. The molecule has 0 saturated carbocycles. The summed E-state index contributed by atoms with van der Waals surface area (Å²) >= 11 is 0. The molecule has 9 nitrogen and oxygen atoms in total. The molecule has 1 amide bonds. The van der Waals surface area contributed by atoms with Crippen LogP contribution in [0.1, 0.15) is 33.3 Å². The summed E-state index contributed by atoms with van der Waals surface area (Å²) in [6, 6.07) is 10.9. The van der Waals surface area contributed by atoms with Gasteiger partial charge in [0.1, 0.15) is 29.5 Å². The van der Waals surface area contributed by atoms with Crippen molar-refractivity contribution in [3.63, 3.8) is 0 Å². The Balaban J connectivity index is 1.53. The SMILES string of the molecule is C=CCc1ccccc1OCc1ccc(C(=O)NCCn2nc(C)c([N+](=O)[O-])c2C)o1. The van der Waals surface area contributed by atoms with Crippen LogP contribution in [0.5, 0.6) is 5.75 Å². The Morgan fingerprint density at radius 1 is 1.32 bits per heavy atom. The zero-order valence-corrected chi connectivity index (χ0v) is 17.5. The molecule has 0 aliphatic carbocycles. The third kappa shape index (κ3) is 5.19. The highest BCUT2D eigenvalue weighted by Gasteiger charge is 2.21. The molecule has 0 bridgehead atoms. The minimum absolute atomic E-state index is 0.00309. The molecule has 2 heterocycles. The van der Waals surface area contributed by atoms with Crippen LogP contribution in [0.3, 0.4) is 0 Å². The average molecular weight is 424 g/mol. The van der Waals surface area contributed by atoms with E-state index in [2.05, 4.69) is 17.0 Å². The van der Waals surface area contributed by atoms with Crippen molar-refractivity contribution in [3.05, 3.63) is 87.6 Å². The minimum atomic E-state index is -0.449. The number of nitro groups is 1. The van der Waals surface area contributed by atoms with E-state index in [1.807, 2.05) is 30.3 Å². The number of carbonyl (C=O) groups is 1. The first-order valence-electron chi connectivity index (χ1n) is 9.77. The Bertz CT molecular complexity index is 1100. The van der Waals surface area contributed by atoms with Crippen molar-refractivity contribution in [2.45, 2.75) is 33.4 Å². The van der Waals surface area contributed by atoms with Gasteiger partial charge >= 0.3 is 5.69 Å². The fourth-order valence-corrected chi connectivity index (χ4v) is 3.23. The first kappa shape index (κ1) is 21.8. The number of para-hydroxylation sites is 1. The van der Waals surface area contributed by atoms with Gasteiger partial charge in [0.15, 0.2) is 5.76 Å². The second-order valence-electron chi connectivity index (χ2n) is 6.91. The summed E-state index contributed by atoms with van der Waals surface area (Å²) in [4.78, 5) is 23.0. The third-order valence-electron chi connectivity index (χ3n) is 4.73. The van der Waals surface area contributed by atoms with Gasteiger partial charge in [-0.3, -0.25) is 19.6 Å². The molecular weight excluding hydrogens is 400 g/mol. The molecule has 0 fully saturated rings. The third-order valence-corrected chi connectivity index (χ3v) is 4.73. The van der Waals surface area contributed by atoms with Gasteiger partial charge in [0, 0.05) is 6.54 Å². The minimum Gasteiger partial charge on any atom is -0.485 e. The monoisotopic (exact) mass is 424 g/mol. The lowest BCUT2D eigenvalue weighted by molar-refractivity contribution is -0.386. The number of hydrogen-bond donors (Lipinski definition) is 1. The Hall–Kier alpha value is -3.88. The first-order chi connectivity index (χ1) is 14.9. The van der Waals surface area contributed by atoms with Gasteiger partial charge in [-0.1, -0.05) is 24.3 Å². The molecule has 9 heteroatoms. The lowest BCUT2D eigenvalue weighted by atomic mass is 10.1. The van der Waals surface area contributed by atoms with Gasteiger partial charge in [-0.15, -0.1) is 6.58 Å². The van der Waals surface area contributed by atoms with Crippen LogP contribution in [-0.2, 0) is 19.6 Å². The Morgan fingerprint density at radius 3 is 2.81 bits per heavy atom. The van der Waals surface area contributed by atoms with E-state index in [0.717, 1.165) is 11.3 Å². The molecule has 0 spiro atoms. The molecule has 3 aromatic rings. The van der Waals surface area contributed by atoms with Crippen LogP contribution < -0.4 is 10.1 Å². The number of furan rings is 1. The average Bonchev–Trinajstić information content (AvgIpc) is 3.32. The fraction of sp³-hybridized carbons (Fsp3) is 0.273. The Labute approximate surface area is 179 Å². The van der Waals surface area contributed by atoms with Crippen molar-refractivity contribution in [1.82, 2.24) is 15.1 Å². The number of nitrogens with zero attached hydrogens (tertiary/aromatic N) is 3. The maximum absolute atomic E-state index is 12.3. The van der Waals surface area contributed by atoms with Crippen molar-refractivity contribution in [1.29, 1.82) is 0 Å². The topological polar surface area (TPSA) is 112 Å². The van der Waals surface area contributed by atoms with E-state index in [4.69, 9.17) is 9.15 Å². The molecule has 0 radical (unpaired) electrons. The highest BCUT2D eigenvalue weighted by Crippen LogP contribution is 2.22. The number of allylic oxidation sites excluding steroid dienone is 1. The molecule has 1 N–H and O–H groups in total. The van der Waals surface area contributed by atoms with Crippen molar-refractivity contribution < 1.29 is 18.9 Å². The van der Waals surface area contributed by atoms with Crippen LogP contribution in [0.15, 0.2) is 53.5 Å². The van der Waals surface area contributed by atoms with Crippen LogP contribution in [0.2, 0.25) is 0 Å². The summed E-state index contributed by atoms with van der Waals surface area (Å²) in [6.45, 7) is 7.71. The number of ether oxygens (including phenoxy) is 1. The van der Waals surface area contributed by atoms with E-state index in [0.29, 0.717) is 30.1 Å². The summed E-state index contributed by atoms with van der Waals surface area (Å²) in [7, 11) is 0. The molecule has 162 valence electrons. The number of aromatic nitrogens is 2. The maximum atomic E-state index is 12.3. The number of hydrogen-bond acceptors (Lipinski definition) is 6. The largest absolute Gasteiger partial charge is 0.485 e. The predicted molar refractivity (Wildman–Crippen MR) is 114 cm³/mol. The van der Waals surface area contributed by atoms with Gasteiger partial charge in [-0.05, 0) is 44.0 Å². The van der Waals surface area contributed by atoms with Crippen LogP contribution in [0, 0.1) is 24.0 Å². The Kier molecular flexibility index (Phi) is 6.86. The normalized spacial score (nSPS) is 10.6. The number of aryl methyl sites for hydroxylation is 1. The molecule has 0 saturated heterocycles. The molecule has 0 atom stereocenters. The van der Waals surface area contributed by atoms with Gasteiger partial charge in [-0.25, -0.2) is 0 Å². The molecule has 2 aromatic heterocycles. The molecule has 0 aliphatic rings. The zero-order chi connectivity index (χ0) is 22.4. The van der Waals surface area contributed by atoms with E-state index in [9.17, 15) is 14.9 Å². The number of rotatable bonds is 10. The van der Waals surface area contributed by atoms with E-state index in [1.54, 1.807) is 26.0 Å². The Morgan fingerprint density at radius 2 is 2.10 bits per heavy atom. The van der Waals surface area contributed by atoms with Gasteiger partial charge < -0.3 is 14.5 Å². The summed E-state index contributed by atoms with van der Waals surface area (Å²) in [6.07, 6.45) is 2.50. The molecule has 0 aliphatic heterocycles. The summed E-state index contributed by atoms with van der Waals surface area (Å²) in [5.41, 5.74) is 1.81. The molecule has 1 aromatic carbocycles. The van der Waals surface area contributed by atoms with Crippen LogP contribution in [0.25, 0.3) is 0 Å². The van der Waals surface area contributed by atoms with E-state index in [1.165, 1.54) is 4.68 Å². The van der Waals surface area contributed by atoms with Gasteiger partial charge in [0.25, 0.3) is 5.91 Å². The van der Waals surface area contributed by atoms with E-state index < -0.39 is 4.92 Å². The van der Waals surface area contributed by atoms with Crippen LogP contribution >= 0.6 is 0 Å². The first-order valence-corrected chi connectivity index (χ1v) is 9.77. The lowest BCUT2D eigenvalue weighted by Crippen LogP contribution is -2.27. The quantitative estimate of drug-likeness (QED) is 0.301. The summed E-state index contributed by atoms with van der Waals surface area (Å²) in [5.74, 6) is 1.04. The molecule has 3 rings (SSSR count). The fourth-order valence-electron chi connectivity index (χ4n) is 3.23. The molecule has 31 heavy (non-hydrogen) atoms. The smallest absolute Gasteiger partial charge is 0.312 e. The van der Waals surface area contributed by atoms with Crippen molar-refractivity contribution >= 4 is 11.6 Å². The van der Waals surface area contributed by atoms with Crippen molar-refractivity contribution in [2.75, 3.05) is 6.54 Å². The highest BCUT2D eigenvalue weighted by molar-refractivity contribution is 5.91. The predicted octanol–water partition coefficient (Wildman–Crippen LogP) is 3.74. The van der Waals surface area contributed by atoms with E-state index in [-0.39, 0.29) is 30.5 Å². The number of carbonyl (C=O) groups excluding carboxylic acids is 1. The summed E-state index contributed by atoms with van der Waals surface area (Å²) < 4.78 is 12.9.